The summed E-state index contributed by atoms with van der Waals surface area (Å²) in [5.74, 6) is 0.155. The van der Waals surface area contributed by atoms with E-state index in [1.54, 1.807) is 34.0 Å². The highest BCUT2D eigenvalue weighted by Gasteiger charge is 2.41. The maximum Gasteiger partial charge on any atom is 0.273 e. The molecule has 0 aliphatic carbocycles. The number of hydrogen-bond donors (Lipinski definition) is 2. The summed E-state index contributed by atoms with van der Waals surface area (Å²) in [4.78, 5) is 44.1. The second-order valence-electron chi connectivity index (χ2n) is 7.94. The third-order valence-electron chi connectivity index (χ3n) is 5.98. The Morgan fingerprint density at radius 3 is 2.66 bits per heavy atom. The van der Waals surface area contributed by atoms with Crippen molar-refractivity contribution in [3.8, 4) is 5.75 Å². The standard InChI is InChI=1S/C23H26N4O4S/c28-20-17-5-1-2-6-19(17)31-14-4-3-7-23(22(30)25-11-10-24-20)8-12-27(13-9-23)21(29)18-15-32-16-26-18/h1-6,15-16H,7-14H2,(H,24,28)(H,25,30)/b4-3+. The molecule has 1 spiro atoms. The summed E-state index contributed by atoms with van der Waals surface area (Å²) < 4.78 is 5.79. The zero-order valence-electron chi connectivity index (χ0n) is 17.7. The van der Waals surface area contributed by atoms with Crippen LogP contribution in [0.1, 0.15) is 40.1 Å². The number of allylic oxidation sites excluding steroid dienone is 1. The Morgan fingerprint density at radius 1 is 1.09 bits per heavy atom. The van der Waals surface area contributed by atoms with Crippen LogP contribution in [0.3, 0.4) is 0 Å². The van der Waals surface area contributed by atoms with Crippen LogP contribution in [-0.4, -0.2) is 60.4 Å². The Labute approximate surface area is 190 Å². The fourth-order valence-electron chi connectivity index (χ4n) is 4.07. The molecule has 2 aliphatic heterocycles. The number of para-hydroxylation sites is 1. The summed E-state index contributed by atoms with van der Waals surface area (Å²) in [7, 11) is 0. The molecule has 9 heteroatoms. The maximum absolute atomic E-state index is 13.1. The molecule has 0 atom stereocenters. The number of aromatic nitrogens is 1. The minimum atomic E-state index is -0.596. The van der Waals surface area contributed by atoms with Crippen LogP contribution in [0.5, 0.6) is 5.75 Å². The Balaban J connectivity index is 1.46. The van der Waals surface area contributed by atoms with E-state index in [1.165, 1.54) is 11.3 Å². The van der Waals surface area contributed by atoms with Gasteiger partial charge in [0.2, 0.25) is 5.91 Å². The van der Waals surface area contributed by atoms with Gasteiger partial charge in [-0.1, -0.05) is 24.3 Å². The van der Waals surface area contributed by atoms with Crippen molar-refractivity contribution in [2.24, 2.45) is 5.41 Å². The molecule has 0 bridgehead atoms. The van der Waals surface area contributed by atoms with Gasteiger partial charge in [0.1, 0.15) is 18.1 Å². The number of nitrogens with one attached hydrogen (secondary N) is 2. The number of likely N-dealkylation sites (tertiary alicyclic amines) is 1. The van der Waals surface area contributed by atoms with Gasteiger partial charge in [-0.3, -0.25) is 14.4 Å². The fraction of sp³-hybridized carbons (Fsp3) is 0.391. The average Bonchev–Trinajstić information content (AvgIpc) is 3.36. The predicted octanol–water partition coefficient (Wildman–Crippen LogP) is 2.25. The van der Waals surface area contributed by atoms with Gasteiger partial charge in [0.15, 0.2) is 0 Å². The molecule has 168 valence electrons. The molecule has 0 unspecified atom stereocenters. The summed E-state index contributed by atoms with van der Waals surface area (Å²) in [5, 5.41) is 7.56. The summed E-state index contributed by atoms with van der Waals surface area (Å²) in [6, 6.07) is 7.11. The van der Waals surface area contributed by atoms with E-state index in [1.807, 2.05) is 18.2 Å². The number of thiazole rings is 1. The molecular weight excluding hydrogens is 428 g/mol. The number of hydrogen-bond acceptors (Lipinski definition) is 6. The molecule has 1 saturated heterocycles. The minimum Gasteiger partial charge on any atom is -0.489 e. The summed E-state index contributed by atoms with van der Waals surface area (Å²) in [5.41, 5.74) is 1.97. The van der Waals surface area contributed by atoms with E-state index in [-0.39, 0.29) is 17.7 Å². The van der Waals surface area contributed by atoms with Gasteiger partial charge in [0.05, 0.1) is 16.5 Å². The van der Waals surface area contributed by atoms with Gasteiger partial charge in [-0.2, -0.15) is 0 Å². The van der Waals surface area contributed by atoms with E-state index in [0.29, 0.717) is 69.1 Å². The molecule has 2 aromatic rings. The van der Waals surface area contributed by atoms with Gasteiger partial charge >= 0.3 is 0 Å². The van der Waals surface area contributed by atoms with Crippen molar-refractivity contribution < 1.29 is 19.1 Å². The number of carbonyl (C=O) groups excluding carboxylic acids is 3. The first kappa shape index (κ1) is 22.0. The molecule has 8 nitrogen and oxygen atoms in total. The van der Waals surface area contributed by atoms with Crippen LogP contribution in [0.25, 0.3) is 0 Å². The number of piperidine rings is 1. The van der Waals surface area contributed by atoms with Crippen molar-refractivity contribution in [3.05, 3.63) is 58.6 Å². The maximum atomic E-state index is 13.1. The lowest BCUT2D eigenvalue weighted by Gasteiger charge is -2.40. The molecule has 2 N–H and O–H groups in total. The second kappa shape index (κ2) is 9.95. The average molecular weight is 455 g/mol. The van der Waals surface area contributed by atoms with Gasteiger partial charge in [-0.05, 0) is 31.4 Å². The lowest BCUT2D eigenvalue weighted by Crippen LogP contribution is -2.51. The van der Waals surface area contributed by atoms with E-state index in [9.17, 15) is 14.4 Å². The van der Waals surface area contributed by atoms with Crippen LogP contribution < -0.4 is 15.4 Å². The number of nitrogens with zero attached hydrogens (tertiary/aromatic N) is 2. The third kappa shape index (κ3) is 4.83. The topological polar surface area (TPSA) is 101 Å². The predicted molar refractivity (Wildman–Crippen MR) is 121 cm³/mol. The number of benzene rings is 1. The van der Waals surface area contributed by atoms with Crippen LogP contribution >= 0.6 is 11.3 Å². The van der Waals surface area contributed by atoms with Crippen molar-refractivity contribution >= 4 is 29.1 Å². The first-order chi connectivity index (χ1) is 15.6. The number of amides is 3. The van der Waals surface area contributed by atoms with Crippen LogP contribution in [-0.2, 0) is 4.79 Å². The minimum absolute atomic E-state index is 0.0458. The molecule has 1 fully saturated rings. The van der Waals surface area contributed by atoms with E-state index >= 15 is 0 Å². The Hall–Kier alpha value is -3.20. The number of rotatable bonds is 1. The Kier molecular flexibility index (Phi) is 6.84. The Morgan fingerprint density at radius 2 is 1.88 bits per heavy atom. The van der Waals surface area contributed by atoms with Crippen LogP contribution in [0.4, 0.5) is 0 Å². The van der Waals surface area contributed by atoms with Crippen LogP contribution in [0.15, 0.2) is 47.3 Å². The number of fused-ring (bicyclic) bond motifs is 1. The van der Waals surface area contributed by atoms with E-state index in [4.69, 9.17) is 4.74 Å². The van der Waals surface area contributed by atoms with Crippen LogP contribution in [0, 0.1) is 5.41 Å². The van der Waals surface area contributed by atoms with Gasteiger partial charge < -0.3 is 20.3 Å². The molecule has 0 radical (unpaired) electrons. The summed E-state index contributed by atoms with van der Waals surface area (Å²) >= 11 is 1.39. The van der Waals surface area contributed by atoms with Gasteiger partial charge in [-0.25, -0.2) is 4.98 Å². The molecule has 1 aromatic carbocycles. The second-order valence-corrected chi connectivity index (χ2v) is 8.66. The quantitative estimate of drug-likeness (QED) is 0.644. The summed E-state index contributed by atoms with van der Waals surface area (Å²) in [6.45, 7) is 1.95. The fourth-order valence-corrected chi connectivity index (χ4v) is 4.60. The zero-order valence-corrected chi connectivity index (χ0v) is 18.5. The first-order valence-corrected chi connectivity index (χ1v) is 11.6. The molecule has 0 saturated carbocycles. The normalized spacial score (nSPS) is 20.3. The van der Waals surface area contributed by atoms with Crippen molar-refractivity contribution in [2.75, 3.05) is 32.8 Å². The third-order valence-corrected chi connectivity index (χ3v) is 6.57. The van der Waals surface area contributed by atoms with Gasteiger partial charge in [0, 0.05) is 31.6 Å². The molecular formula is C23H26N4O4S. The highest BCUT2D eigenvalue weighted by molar-refractivity contribution is 7.07. The van der Waals surface area contributed by atoms with E-state index < -0.39 is 5.41 Å². The smallest absolute Gasteiger partial charge is 0.273 e. The molecule has 1 aromatic heterocycles. The highest BCUT2D eigenvalue weighted by atomic mass is 32.1. The van der Waals surface area contributed by atoms with Crippen molar-refractivity contribution in [1.29, 1.82) is 0 Å². The molecule has 2 aliphatic rings. The monoisotopic (exact) mass is 454 g/mol. The first-order valence-electron chi connectivity index (χ1n) is 10.7. The van der Waals surface area contributed by atoms with Crippen molar-refractivity contribution in [3.63, 3.8) is 0 Å². The lowest BCUT2D eigenvalue weighted by atomic mass is 9.74. The Bertz CT molecular complexity index is 997. The summed E-state index contributed by atoms with van der Waals surface area (Å²) in [6.07, 6.45) is 5.54. The SMILES string of the molecule is O=C1NCCNC(=O)C2(C/C=C/COc3ccccc31)CCN(C(=O)c1cscn1)CC2. The van der Waals surface area contributed by atoms with Crippen molar-refractivity contribution in [2.45, 2.75) is 19.3 Å². The lowest BCUT2D eigenvalue weighted by molar-refractivity contribution is -0.133. The van der Waals surface area contributed by atoms with E-state index in [0.717, 1.165) is 0 Å². The number of ether oxygens (including phenoxy) is 1. The van der Waals surface area contributed by atoms with Gasteiger partial charge in [-0.15, -0.1) is 11.3 Å². The van der Waals surface area contributed by atoms with Gasteiger partial charge in [0.25, 0.3) is 11.8 Å². The largest absolute Gasteiger partial charge is 0.489 e. The van der Waals surface area contributed by atoms with E-state index in [2.05, 4.69) is 15.6 Å². The van der Waals surface area contributed by atoms with Crippen molar-refractivity contribution in [1.82, 2.24) is 20.5 Å². The molecule has 32 heavy (non-hydrogen) atoms. The molecule has 3 amide bonds. The van der Waals surface area contributed by atoms with Crippen LogP contribution in [0.2, 0.25) is 0 Å². The number of carbonyl (C=O) groups is 3. The molecule has 4 rings (SSSR count). The highest BCUT2D eigenvalue weighted by Crippen LogP contribution is 2.36. The zero-order chi connectivity index (χ0) is 22.4. The molecule has 3 heterocycles.